The fourth-order valence-corrected chi connectivity index (χ4v) is 6.44. The van der Waals surface area contributed by atoms with Crippen LogP contribution in [0.5, 0.6) is 11.5 Å². The number of aliphatic carboxylic acids is 1. The third-order valence-corrected chi connectivity index (χ3v) is 8.15. The second-order valence-electron chi connectivity index (χ2n) is 10.3. The Bertz CT molecular complexity index is 1260. The molecule has 6 atom stereocenters. The molecule has 0 saturated carbocycles. The van der Waals surface area contributed by atoms with Crippen LogP contribution in [0.25, 0.3) is 0 Å². The van der Waals surface area contributed by atoms with Crippen molar-refractivity contribution in [1.82, 2.24) is 4.90 Å². The normalized spacial score (nSPS) is 30.2. The lowest BCUT2D eigenvalue weighted by Crippen LogP contribution is -2.74. The highest BCUT2D eigenvalue weighted by atomic mass is 16.6. The van der Waals surface area contributed by atoms with E-state index in [-0.39, 0.29) is 29.7 Å². The summed E-state index contributed by atoms with van der Waals surface area (Å²) in [6.07, 6.45) is -2.12. The molecule has 0 amide bonds. The zero-order valence-electron chi connectivity index (χ0n) is 21.1. The van der Waals surface area contributed by atoms with Gasteiger partial charge in [-0.3, -0.25) is 9.59 Å². The van der Waals surface area contributed by atoms with Crippen LogP contribution in [0.1, 0.15) is 44.2 Å². The van der Waals surface area contributed by atoms with Gasteiger partial charge in [0.2, 0.25) is 6.10 Å². The van der Waals surface area contributed by atoms with Gasteiger partial charge in [-0.25, -0.2) is 9.59 Å². The lowest BCUT2D eigenvalue weighted by molar-refractivity contribution is -0.179. The second kappa shape index (κ2) is 8.98. The van der Waals surface area contributed by atoms with E-state index in [2.05, 4.69) is 4.90 Å². The number of piperidine rings is 1. The SMILES string of the molecule is CC(=O)OC(CC(=O)OC1=CC[C@@]2(O)[C@H]3Cc4ccc(O)c5c4[C@@]2(CCN3C)[C@H]1O5)C(=O)OC(C)C(=O)O. The van der Waals surface area contributed by atoms with Crippen LogP contribution in [0.4, 0.5) is 0 Å². The summed E-state index contributed by atoms with van der Waals surface area (Å²) in [6, 6.07) is 3.15. The number of carboxylic acid groups (broad SMARTS) is 1. The highest BCUT2D eigenvalue weighted by molar-refractivity contribution is 5.86. The van der Waals surface area contributed by atoms with Crippen molar-refractivity contribution in [2.24, 2.45) is 0 Å². The van der Waals surface area contributed by atoms with E-state index in [0.717, 1.165) is 25.0 Å². The number of aliphatic hydroxyl groups is 1. The van der Waals surface area contributed by atoms with E-state index in [1.54, 1.807) is 12.1 Å². The molecule has 1 fully saturated rings. The Balaban J connectivity index is 1.43. The van der Waals surface area contributed by atoms with Gasteiger partial charge in [0.1, 0.15) is 5.76 Å². The Morgan fingerprint density at radius 3 is 2.66 bits per heavy atom. The first-order valence-corrected chi connectivity index (χ1v) is 12.3. The maximum absolute atomic E-state index is 13.0. The minimum atomic E-state index is -1.72. The van der Waals surface area contributed by atoms with Gasteiger partial charge in [-0.15, -0.1) is 0 Å². The summed E-state index contributed by atoms with van der Waals surface area (Å²) in [7, 11) is 1.95. The number of phenolic OH excluding ortho intramolecular Hbond substituents is 1. The summed E-state index contributed by atoms with van der Waals surface area (Å²) in [5.41, 5.74) is -0.551. The first-order chi connectivity index (χ1) is 17.9. The monoisotopic (exact) mass is 531 g/mol. The van der Waals surface area contributed by atoms with Gasteiger partial charge in [0.25, 0.3) is 0 Å². The lowest BCUT2D eigenvalue weighted by atomic mass is 9.50. The third-order valence-electron chi connectivity index (χ3n) is 8.15. The molecule has 1 aromatic carbocycles. The van der Waals surface area contributed by atoms with Crippen molar-refractivity contribution in [3.8, 4) is 11.5 Å². The van der Waals surface area contributed by atoms with E-state index in [0.29, 0.717) is 19.4 Å². The fourth-order valence-electron chi connectivity index (χ4n) is 6.44. The van der Waals surface area contributed by atoms with Crippen LogP contribution in [0.15, 0.2) is 24.0 Å². The molecule has 1 aromatic rings. The van der Waals surface area contributed by atoms with Crippen molar-refractivity contribution >= 4 is 23.9 Å². The van der Waals surface area contributed by atoms with Crippen molar-refractivity contribution in [3.05, 3.63) is 35.1 Å². The summed E-state index contributed by atoms with van der Waals surface area (Å²) < 4.78 is 21.5. The highest BCUT2D eigenvalue weighted by Gasteiger charge is 2.72. The maximum Gasteiger partial charge on any atom is 0.348 e. The Morgan fingerprint density at radius 2 is 1.97 bits per heavy atom. The summed E-state index contributed by atoms with van der Waals surface area (Å²) in [6.45, 7) is 2.79. The largest absolute Gasteiger partial charge is 0.504 e. The standard InChI is InChI=1S/C26H29NO11/c1-12(23(31)32)35-24(33)17(36-13(2)28)11-19(30)37-16-6-7-26(34)18-10-14-4-5-15(29)21-20(14)25(26,22(16)38-21)8-9-27(18)3/h4-6,12,17-18,22,29,34H,7-11H2,1-3H3,(H,31,32)/t12?,17?,18-,22+,25+,26-/m1/s1. The van der Waals surface area contributed by atoms with Crippen LogP contribution >= 0.6 is 0 Å². The predicted molar refractivity (Wildman–Crippen MR) is 126 cm³/mol. The van der Waals surface area contributed by atoms with E-state index in [9.17, 15) is 29.4 Å². The molecule has 1 saturated heterocycles. The van der Waals surface area contributed by atoms with Crippen LogP contribution in [0.2, 0.25) is 0 Å². The van der Waals surface area contributed by atoms with Crippen LogP contribution in [-0.2, 0) is 45.2 Å². The number of hydrogen-bond donors (Lipinski definition) is 3. The van der Waals surface area contributed by atoms with Gasteiger partial charge < -0.3 is 39.2 Å². The molecule has 0 radical (unpaired) electrons. The van der Waals surface area contributed by atoms with Gasteiger partial charge in [0.05, 0.1) is 17.4 Å². The van der Waals surface area contributed by atoms with Gasteiger partial charge in [-0.2, -0.15) is 0 Å². The van der Waals surface area contributed by atoms with E-state index in [1.165, 1.54) is 0 Å². The number of carbonyl (C=O) groups is 4. The number of aromatic hydroxyl groups is 1. The maximum atomic E-state index is 13.0. The molecule has 204 valence electrons. The van der Waals surface area contributed by atoms with Crippen molar-refractivity contribution in [1.29, 1.82) is 0 Å². The number of nitrogens with zero attached hydrogens (tertiary/aromatic N) is 1. The minimum Gasteiger partial charge on any atom is -0.504 e. The molecule has 1 spiro atoms. The van der Waals surface area contributed by atoms with Crippen LogP contribution in [0, 0.1) is 0 Å². The highest BCUT2D eigenvalue weighted by Crippen LogP contribution is 2.65. The molecule has 4 aliphatic rings. The summed E-state index contributed by atoms with van der Waals surface area (Å²) >= 11 is 0. The molecule has 3 N–H and O–H groups in total. The summed E-state index contributed by atoms with van der Waals surface area (Å²) in [5, 5.41) is 31.7. The van der Waals surface area contributed by atoms with E-state index in [1.807, 2.05) is 13.1 Å². The Hall–Kier alpha value is -3.64. The first kappa shape index (κ1) is 26.0. The minimum absolute atomic E-state index is 0.0804. The number of carboxylic acids is 1. The second-order valence-corrected chi connectivity index (χ2v) is 10.3. The number of likely N-dealkylation sites (N-methyl/N-ethyl adjacent to an activating group) is 1. The van der Waals surface area contributed by atoms with Crippen LogP contribution < -0.4 is 4.74 Å². The van der Waals surface area contributed by atoms with Crippen molar-refractivity contribution in [2.75, 3.05) is 13.6 Å². The number of rotatable bonds is 7. The molecule has 38 heavy (non-hydrogen) atoms. The van der Waals surface area contributed by atoms with E-state index < -0.39 is 59.6 Å². The molecule has 12 nitrogen and oxygen atoms in total. The number of likely N-dealkylation sites (tertiary alicyclic amines) is 1. The molecular formula is C26H29NO11. The number of phenols is 1. The zero-order chi connectivity index (χ0) is 27.6. The Morgan fingerprint density at radius 1 is 1.24 bits per heavy atom. The Kier molecular flexibility index (Phi) is 6.14. The van der Waals surface area contributed by atoms with Gasteiger partial charge >= 0.3 is 23.9 Å². The van der Waals surface area contributed by atoms with E-state index >= 15 is 0 Å². The topological polar surface area (TPSA) is 169 Å². The number of hydrogen-bond acceptors (Lipinski definition) is 11. The predicted octanol–water partition coefficient (Wildman–Crippen LogP) is 0.551. The van der Waals surface area contributed by atoms with Crippen LogP contribution in [0.3, 0.4) is 0 Å². The molecule has 2 heterocycles. The molecule has 2 aliphatic heterocycles. The fraction of sp³-hybridized carbons (Fsp3) is 0.538. The van der Waals surface area contributed by atoms with Crippen LogP contribution in [-0.4, -0.2) is 87.6 Å². The smallest absolute Gasteiger partial charge is 0.348 e. The van der Waals surface area contributed by atoms with Crippen molar-refractivity contribution in [2.45, 2.75) is 74.9 Å². The van der Waals surface area contributed by atoms with Gasteiger partial charge in [0.15, 0.2) is 23.7 Å². The third kappa shape index (κ3) is 3.73. The van der Waals surface area contributed by atoms with Crippen molar-refractivity contribution in [3.63, 3.8) is 0 Å². The van der Waals surface area contributed by atoms with Gasteiger partial charge in [-0.1, -0.05) is 6.07 Å². The average Bonchev–Trinajstić information content (AvgIpc) is 3.20. The first-order valence-electron chi connectivity index (χ1n) is 12.3. The molecular weight excluding hydrogens is 502 g/mol. The molecule has 0 aromatic heterocycles. The molecule has 2 unspecified atom stereocenters. The molecule has 2 bridgehead atoms. The number of esters is 3. The molecule has 12 heteroatoms. The molecule has 5 rings (SSSR count). The van der Waals surface area contributed by atoms with Crippen molar-refractivity contribution < 1.29 is 53.4 Å². The number of ether oxygens (including phenoxy) is 4. The quantitative estimate of drug-likeness (QED) is 0.330. The summed E-state index contributed by atoms with van der Waals surface area (Å²) in [5.74, 6) is -4.16. The zero-order valence-corrected chi connectivity index (χ0v) is 21.1. The van der Waals surface area contributed by atoms with E-state index in [4.69, 9.17) is 24.1 Å². The number of carbonyl (C=O) groups excluding carboxylic acids is 3. The number of benzene rings is 1. The Labute approximate surface area is 217 Å². The van der Waals surface area contributed by atoms with Gasteiger partial charge in [0, 0.05) is 24.9 Å². The average molecular weight is 532 g/mol. The lowest BCUT2D eigenvalue weighted by Gasteiger charge is -2.61. The summed E-state index contributed by atoms with van der Waals surface area (Å²) in [4.78, 5) is 50.1. The molecule has 2 aliphatic carbocycles. The van der Waals surface area contributed by atoms with Gasteiger partial charge in [-0.05, 0) is 51.1 Å².